The maximum absolute atomic E-state index is 10.2. The highest BCUT2D eigenvalue weighted by molar-refractivity contribution is 5.84. The maximum atomic E-state index is 10.2. The van der Waals surface area contributed by atoms with E-state index in [1.54, 1.807) is 0 Å². The number of nitrogens with zero attached hydrogens (tertiary/aromatic N) is 2. The number of rotatable bonds is 3. The second-order valence-corrected chi connectivity index (χ2v) is 7.76. The standard InChI is InChI=1S/C20H14N4.C5H9NO3/c1-2-14-10-16-5-6-18(23-16)12-20-8-7-19(24-20)11-17-4-3-15(22-17)9-13(1)21-14;1-3(7)2-4(6)5(8)9/h1-12,21-22H;4H,2,6H2,1H3,(H,8,9). The first kappa shape index (κ1) is 21.9. The highest BCUT2D eigenvalue weighted by atomic mass is 16.4. The van der Waals surface area contributed by atoms with E-state index in [9.17, 15) is 9.59 Å². The van der Waals surface area contributed by atoms with Crippen LogP contribution < -0.4 is 5.73 Å². The van der Waals surface area contributed by atoms with Crippen LogP contribution in [0, 0.1) is 0 Å². The average Bonchev–Trinajstić information content (AvgIpc) is 3.53. The van der Waals surface area contributed by atoms with Crippen molar-refractivity contribution in [2.45, 2.75) is 19.4 Å². The molecule has 8 heteroatoms. The minimum absolute atomic E-state index is 0.0880. The van der Waals surface area contributed by atoms with Gasteiger partial charge in [0.2, 0.25) is 0 Å². The van der Waals surface area contributed by atoms with E-state index >= 15 is 0 Å². The summed E-state index contributed by atoms with van der Waals surface area (Å²) < 4.78 is 0. The third-order valence-electron chi connectivity index (χ3n) is 4.87. The molecule has 0 aliphatic carbocycles. The van der Waals surface area contributed by atoms with Gasteiger partial charge in [-0.1, -0.05) is 0 Å². The molecule has 0 saturated carbocycles. The number of H-pyrrole nitrogens is 2. The lowest BCUT2D eigenvalue weighted by Gasteiger charge is -2.00. The van der Waals surface area contributed by atoms with Gasteiger partial charge in [0, 0.05) is 28.5 Å². The zero-order valence-electron chi connectivity index (χ0n) is 17.9. The fourth-order valence-corrected chi connectivity index (χ4v) is 3.34. The zero-order chi connectivity index (χ0) is 23.4. The molecule has 0 saturated heterocycles. The number of hydrogen-bond donors (Lipinski definition) is 4. The topological polar surface area (TPSA) is 138 Å². The van der Waals surface area contributed by atoms with E-state index in [1.807, 2.05) is 42.5 Å². The van der Waals surface area contributed by atoms with Crippen molar-refractivity contribution in [3.63, 3.8) is 0 Å². The molecule has 0 aromatic carbocycles. The molecular weight excluding hydrogens is 418 g/mol. The van der Waals surface area contributed by atoms with Crippen molar-refractivity contribution >= 4 is 58.1 Å². The van der Waals surface area contributed by atoms with Crippen molar-refractivity contribution in [3.05, 3.63) is 71.3 Å². The van der Waals surface area contributed by atoms with E-state index in [1.165, 1.54) is 6.92 Å². The van der Waals surface area contributed by atoms with Crippen LogP contribution in [0.5, 0.6) is 0 Å². The van der Waals surface area contributed by atoms with Gasteiger partial charge >= 0.3 is 5.97 Å². The molecule has 33 heavy (non-hydrogen) atoms. The Morgan fingerprint density at radius 2 is 1.18 bits per heavy atom. The lowest BCUT2D eigenvalue weighted by Crippen LogP contribution is -2.31. The Morgan fingerprint density at radius 1 is 0.788 bits per heavy atom. The van der Waals surface area contributed by atoms with Gasteiger partial charge in [-0.3, -0.25) is 9.59 Å². The van der Waals surface area contributed by atoms with Crippen LogP contribution in [-0.4, -0.2) is 42.8 Å². The summed E-state index contributed by atoms with van der Waals surface area (Å²) in [5, 5.41) is 8.15. The van der Waals surface area contributed by atoms with Crippen molar-refractivity contribution in [2.75, 3.05) is 0 Å². The fraction of sp³-hybridized carbons (Fsp3) is 0.120. The van der Waals surface area contributed by atoms with Gasteiger partial charge in [-0.2, -0.15) is 0 Å². The Kier molecular flexibility index (Phi) is 6.28. The number of carbonyl (C=O) groups is 2. The largest absolute Gasteiger partial charge is 0.480 e. The van der Waals surface area contributed by atoms with Crippen LogP contribution in [0.25, 0.3) is 46.4 Å². The van der Waals surface area contributed by atoms with Crippen molar-refractivity contribution < 1.29 is 14.7 Å². The summed E-state index contributed by atoms with van der Waals surface area (Å²) in [5.74, 6) is -1.34. The van der Waals surface area contributed by atoms with Gasteiger partial charge in [0.15, 0.2) is 0 Å². The number of hydrogen-bond acceptors (Lipinski definition) is 5. The third-order valence-corrected chi connectivity index (χ3v) is 4.87. The number of nitrogens with one attached hydrogen (secondary N) is 2. The molecule has 8 bridgehead atoms. The van der Waals surface area contributed by atoms with Crippen LogP contribution >= 0.6 is 0 Å². The van der Waals surface area contributed by atoms with Gasteiger partial charge in [0.25, 0.3) is 0 Å². The number of carboxylic acid groups (broad SMARTS) is 1. The molecule has 5 N–H and O–H groups in total. The number of aromatic amines is 2. The van der Waals surface area contributed by atoms with Crippen molar-refractivity contribution in [1.82, 2.24) is 19.9 Å². The van der Waals surface area contributed by atoms with Gasteiger partial charge < -0.3 is 20.8 Å². The molecule has 1 unspecified atom stereocenters. The van der Waals surface area contributed by atoms with Crippen LogP contribution in [0.1, 0.15) is 36.1 Å². The Labute approximate surface area is 189 Å². The third kappa shape index (κ3) is 5.90. The second-order valence-electron chi connectivity index (χ2n) is 7.76. The molecule has 2 aliphatic rings. The smallest absolute Gasteiger partial charge is 0.320 e. The lowest BCUT2D eigenvalue weighted by molar-refractivity contribution is -0.140. The van der Waals surface area contributed by atoms with Crippen LogP contribution in [-0.2, 0) is 9.59 Å². The predicted molar refractivity (Wildman–Crippen MR) is 130 cm³/mol. The van der Waals surface area contributed by atoms with Crippen LogP contribution in [0.3, 0.4) is 0 Å². The van der Waals surface area contributed by atoms with Crippen LogP contribution in [0.15, 0.2) is 48.5 Å². The zero-order valence-corrected chi connectivity index (χ0v) is 17.9. The number of Topliss-reactive ketones (excluding diaryl/α,β-unsaturated/α-hetero) is 1. The highest BCUT2D eigenvalue weighted by Gasteiger charge is 2.12. The van der Waals surface area contributed by atoms with E-state index in [4.69, 9.17) is 10.8 Å². The number of aromatic nitrogens is 4. The average molecular weight is 441 g/mol. The normalized spacial score (nSPS) is 12.7. The van der Waals surface area contributed by atoms with Crippen LogP contribution in [0.2, 0.25) is 0 Å². The quantitative estimate of drug-likeness (QED) is 0.333. The highest BCUT2D eigenvalue weighted by Crippen LogP contribution is 2.17. The Bertz CT molecular complexity index is 1340. The SMILES string of the molecule is C1=Cc2cc3ccc(cc4ccc(cc5nc(cc1n2)C=C5)[nH]4)[nH]3.CC(=O)CC(N)C(=O)O. The van der Waals surface area contributed by atoms with Gasteiger partial charge in [-0.05, 0) is 79.8 Å². The molecule has 0 amide bonds. The summed E-state index contributed by atoms with van der Waals surface area (Å²) in [7, 11) is 0. The maximum Gasteiger partial charge on any atom is 0.320 e. The summed E-state index contributed by atoms with van der Waals surface area (Å²) in [5.41, 5.74) is 12.9. The number of ketones is 1. The fourth-order valence-electron chi connectivity index (χ4n) is 3.34. The molecule has 166 valence electrons. The number of carbonyl (C=O) groups excluding carboxylic acids is 1. The van der Waals surface area contributed by atoms with Crippen molar-refractivity contribution in [3.8, 4) is 0 Å². The van der Waals surface area contributed by atoms with Crippen LogP contribution in [0.4, 0.5) is 0 Å². The van der Waals surface area contributed by atoms with E-state index in [0.717, 1.165) is 44.8 Å². The summed E-state index contributed by atoms with van der Waals surface area (Å²) >= 11 is 0. The second kappa shape index (κ2) is 9.46. The molecule has 0 fully saturated rings. The summed E-state index contributed by atoms with van der Waals surface area (Å²) in [4.78, 5) is 36.2. The van der Waals surface area contributed by atoms with E-state index in [2.05, 4.69) is 50.3 Å². The molecule has 3 aromatic heterocycles. The van der Waals surface area contributed by atoms with Gasteiger partial charge in [-0.25, -0.2) is 9.97 Å². The Hall–Kier alpha value is -4.30. The molecule has 0 radical (unpaired) electrons. The number of aliphatic carboxylic acids is 1. The molecule has 0 spiro atoms. The molecule has 1 atom stereocenters. The predicted octanol–water partition coefficient (Wildman–Crippen LogP) is 4.03. The minimum Gasteiger partial charge on any atom is -0.480 e. The summed E-state index contributed by atoms with van der Waals surface area (Å²) in [6, 6.07) is 15.4. The summed E-state index contributed by atoms with van der Waals surface area (Å²) in [6.45, 7) is 1.31. The van der Waals surface area contributed by atoms with Gasteiger partial charge in [0.1, 0.15) is 11.8 Å². The Balaban J connectivity index is 0.000000248. The van der Waals surface area contributed by atoms with E-state index in [-0.39, 0.29) is 12.2 Å². The first-order valence-electron chi connectivity index (χ1n) is 10.4. The number of fused-ring (bicyclic) bond motifs is 8. The Morgan fingerprint density at radius 3 is 1.55 bits per heavy atom. The molecule has 8 nitrogen and oxygen atoms in total. The first-order chi connectivity index (χ1) is 15.8. The van der Waals surface area contributed by atoms with Gasteiger partial charge in [0.05, 0.1) is 22.8 Å². The van der Waals surface area contributed by atoms with E-state index in [0.29, 0.717) is 0 Å². The molecule has 5 rings (SSSR count). The molecular formula is C25H23N5O3. The molecule has 3 aromatic rings. The van der Waals surface area contributed by atoms with E-state index < -0.39 is 12.0 Å². The first-order valence-corrected chi connectivity index (χ1v) is 10.4. The van der Waals surface area contributed by atoms with Crippen molar-refractivity contribution in [1.29, 1.82) is 0 Å². The molecule has 2 aliphatic heterocycles. The monoisotopic (exact) mass is 441 g/mol. The number of carboxylic acids is 1. The van der Waals surface area contributed by atoms with Gasteiger partial charge in [-0.15, -0.1) is 0 Å². The lowest BCUT2D eigenvalue weighted by atomic mass is 10.2. The minimum atomic E-state index is -1.13. The van der Waals surface area contributed by atoms with Crippen molar-refractivity contribution in [2.24, 2.45) is 5.73 Å². The number of nitrogens with two attached hydrogens (primary N) is 1. The summed E-state index contributed by atoms with van der Waals surface area (Å²) in [6.07, 6.45) is 7.96. The molecule has 5 heterocycles.